The molecule has 0 fully saturated rings. The number of halogens is 1. The van der Waals surface area contributed by atoms with Crippen LogP contribution in [0.25, 0.3) is 10.9 Å². The normalized spacial score (nSPS) is 14.7. The molecule has 0 radical (unpaired) electrons. The average Bonchev–Trinajstić information content (AvgIpc) is 3.47. The topological polar surface area (TPSA) is 121 Å². The lowest BCUT2D eigenvalue weighted by atomic mass is 10.1. The van der Waals surface area contributed by atoms with Crippen LogP contribution in [0.4, 0.5) is 0 Å². The molecule has 1 amide bonds. The maximum atomic E-state index is 13.0. The van der Waals surface area contributed by atoms with Gasteiger partial charge in [-0.15, -0.1) is 0 Å². The number of aromatic amines is 1. The summed E-state index contributed by atoms with van der Waals surface area (Å²) in [5, 5.41) is 22.4. The Morgan fingerprint density at radius 1 is 1.19 bits per heavy atom. The Morgan fingerprint density at radius 3 is 2.77 bits per heavy atom. The fourth-order valence-corrected chi connectivity index (χ4v) is 5.03. The summed E-state index contributed by atoms with van der Waals surface area (Å²) >= 11 is 6.08. The standard InChI is InChI=1S/C20H16ClN5O4S/c21-16-4-2-1-3-15(16)19(27)20(28)25-9-13-10-26(24-18(13)11-25)31(29,30)14-6-5-12-8-22-23-17(12)7-14/h1-8,10,19,27H,9,11H2,(H,22,23)/t19-/m1/s1. The molecule has 5 rings (SSSR count). The van der Waals surface area contributed by atoms with Gasteiger partial charge in [0.15, 0.2) is 6.10 Å². The Labute approximate surface area is 181 Å². The zero-order valence-corrected chi connectivity index (χ0v) is 17.5. The van der Waals surface area contributed by atoms with Gasteiger partial charge in [0.1, 0.15) is 0 Å². The molecule has 158 valence electrons. The first-order valence-electron chi connectivity index (χ1n) is 9.32. The van der Waals surface area contributed by atoms with Crippen LogP contribution in [0.15, 0.2) is 59.8 Å². The monoisotopic (exact) mass is 457 g/mol. The van der Waals surface area contributed by atoms with Gasteiger partial charge in [-0.3, -0.25) is 9.89 Å². The summed E-state index contributed by atoms with van der Waals surface area (Å²) in [5.41, 5.74) is 1.99. The summed E-state index contributed by atoms with van der Waals surface area (Å²) < 4.78 is 26.9. The number of rotatable bonds is 4. The average molecular weight is 458 g/mol. The lowest BCUT2D eigenvalue weighted by molar-refractivity contribution is -0.141. The van der Waals surface area contributed by atoms with Crippen LogP contribution in [0.5, 0.6) is 0 Å². The van der Waals surface area contributed by atoms with Crippen molar-refractivity contribution in [2.75, 3.05) is 0 Å². The fourth-order valence-electron chi connectivity index (χ4n) is 3.59. The van der Waals surface area contributed by atoms with E-state index in [0.717, 1.165) is 9.47 Å². The summed E-state index contributed by atoms with van der Waals surface area (Å²) in [4.78, 5) is 14.2. The van der Waals surface area contributed by atoms with Gasteiger partial charge >= 0.3 is 0 Å². The summed E-state index contributed by atoms with van der Waals surface area (Å²) in [5.74, 6) is -0.523. The molecule has 0 saturated heterocycles. The number of hydrogen-bond donors (Lipinski definition) is 2. The van der Waals surface area contributed by atoms with E-state index in [0.29, 0.717) is 27.4 Å². The Balaban J connectivity index is 1.37. The molecule has 1 atom stereocenters. The van der Waals surface area contributed by atoms with Gasteiger partial charge in [0.05, 0.1) is 28.8 Å². The van der Waals surface area contributed by atoms with Crippen molar-refractivity contribution < 1.29 is 18.3 Å². The molecule has 0 spiro atoms. The van der Waals surface area contributed by atoms with Gasteiger partial charge in [0, 0.05) is 34.3 Å². The minimum absolute atomic E-state index is 0.0764. The van der Waals surface area contributed by atoms with Crippen molar-refractivity contribution in [1.29, 1.82) is 0 Å². The molecule has 9 nitrogen and oxygen atoms in total. The molecule has 0 unspecified atom stereocenters. The maximum Gasteiger partial charge on any atom is 0.283 e. The Hall–Kier alpha value is -3.21. The molecule has 4 aromatic rings. The summed E-state index contributed by atoms with van der Waals surface area (Å²) in [7, 11) is -3.90. The van der Waals surface area contributed by atoms with Crippen LogP contribution in [0.3, 0.4) is 0 Å². The minimum Gasteiger partial charge on any atom is -0.378 e. The second-order valence-corrected chi connectivity index (χ2v) is 9.42. The van der Waals surface area contributed by atoms with E-state index in [2.05, 4.69) is 15.3 Å². The van der Waals surface area contributed by atoms with Crippen molar-refractivity contribution in [3.8, 4) is 0 Å². The SMILES string of the molecule is O=C([C@H](O)c1ccccc1Cl)N1Cc2cn(S(=O)(=O)c3ccc4cn[nH]c4c3)nc2C1. The molecule has 3 heterocycles. The zero-order chi connectivity index (χ0) is 21.8. The second-order valence-electron chi connectivity index (χ2n) is 7.22. The highest BCUT2D eigenvalue weighted by atomic mass is 35.5. The highest BCUT2D eigenvalue weighted by Gasteiger charge is 2.33. The van der Waals surface area contributed by atoms with Crippen molar-refractivity contribution in [3.63, 3.8) is 0 Å². The molecule has 2 aromatic carbocycles. The van der Waals surface area contributed by atoms with E-state index in [1.54, 1.807) is 36.5 Å². The molecule has 0 bridgehead atoms. The first kappa shape index (κ1) is 19.7. The van der Waals surface area contributed by atoms with Gasteiger partial charge in [0.2, 0.25) is 0 Å². The molecule has 1 aliphatic rings. The molecular formula is C20H16ClN5O4S. The number of hydrogen-bond acceptors (Lipinski definition) is 6. The van der Waals surface area contributed by atoms with Gasteiger partial charge in [-0.25, -0.2) is 0 Å². The molecule has 0 aliphatic carbocycles. The third-order valence-corrected chi connectivity index (χ3v) is 7.13. The molecule has 2 aromatic heterocycles. The third-order valence-electron chi connectivity index (χ3n) is 5.26. The van der Waals surface area contributed by atoms with Crippen LogP contribution in [0.1, 0.15) is 22.9 Å². The second kappa shape index (κ2) is 7.19. The first-order valence-corrected chi connectivity index (χ1v) is 11.1. The highest BCUT2D eigenvalue weighted by molar-refractivity contribution is 7.89. The van der Waals surface area contributed by atoms with Crippen LogP contribution >= 0.6 is 11.6 Å². The first-order chi connectivity index (χ1) is 14.8. The highest BCUT2D eigenvalue weighted by Crippen LogP contribution is 2.29. The van der Waals surface area contributed by atoms with Crippen molar-refractivity contribution in [2.45, 2.75) is 24.1 Å². The van der Waals surface area contributed by atoms with E-state index in [1.165, 1.54) is 23.2 Å². The molecule has 2 N–H and O–H groups in total. The van der Waals surface area contributed by atoms with E-state index >= 15 is 0 Å². The number of H-pyrrole nitrogens is 1. The lowest BCUT2D eigenvalue weighted by Crippen LogP contribution is -2.31. The van der Waals surface area contributed by atoms with Crippen molar-refractivity contribution in [3.05, 3.63) is 76.7 Å². The quantitative estimate of drug-likeness (QED) is 0.484. The lowest BCUT2D eigenvalue weighted by Gasteiger charge is -2.20. The van der Waals surface area contributed by atoms with Gasteiger partial charge in [0.25, 0.3) is 15.9 Å². The van der Waals surface area contributed by atoms with Crippen molar-refractivity contribution in [2.24, 2.45) is 0 Å². The van der Waals surface area contributed by atoms with Gasteiger partial charge in [-0.1, -0.05) is 29.8 Å². The molecular weight excluding hydrogens is 442 g/mol. The van der Waals surface area contributed by atoms with Crippen molar-refractivity contribution >= 4 is 38.4 Å². The maximum absolute atomic E-state index is 13.0. The van der Waals surface area contributed by atoms with Crippen LogP contribution in [0, 0.1) is 0 Å². The van der Waals surface area contributed by atoms with E-state index < -0.39 is 22.0 Å². The molecule has 11 heteroatoms. The van der Waals surface area contributed by atoms with Gasteiger partial charge in [-0.05, 0) is 24.3 Å². The van der Waals surface area contributed by atoms with Crippen molar-refractivity contribution in [1.82, 2.24) is 24.3 Å². The number of aliphatic hydroxyl groups is 1. The van der Waals surface area contributed by atoms with E-state index in [-0.39, 0.29) is 18.0 Å². The summed E-state index contributed by atoms with van der Waals surface area (Å²) in [6, 6.07) is 11.2. The number of nitrogens with one attached hydrogen (secondary N) is 1. The number of fused-ring (bicyclic) bond motifs is 2. The number of aromatic nitrogens is 4. The number of benzene rings is 2. The van der Waals surface area contributed by atoms with Crippen LogP contribution in [0.2, 0.25) is 5.02 Å². The number of carbonyl (C=O) groups is 1. The summed E-state index contributed by atoms with van der Waals surface area (Å²) in [6.07, 6.45) is 1.60. The minimum atomic E-state index is -3.90. The van der Waals surface area contributed by atoms with Crippen LogP contribution in [-0.2, 0) is 27.9 Å². The Kier molecular flexibility index (Phi) is 4.58. The fraction of sp³-hybridized carbons (Fsp3) is 0.150. The zero-order valence-electron chi connectivity index (χ0n) is 15.9. The van der Waals surface area contributed by atoms with E-state index in [9.17, 15) is 18.3 Å². The molecule has 1 aliphatic heterocycles. The Bertz CT molecular complexity index is 1400. The predicted octanol–water partition coefficient (Wildman–Crippen LogP) is 2.23. The number of carbonyl (C=O) groups excluding carboxylic acids is 1. The van der Waals surface area contributed by atoms with E-state index in [4.69, 9.17) is 11.6 Å². The Morgan fingerprint density at radius 2 is 2.00 bits per heavy atom. The van der Waals surface area contributed by atoms with Gasteiger partial charge < -0.3 is 10.0 Å². The van der Waals surface area contributed by atoms with E-state index in [1.807, 2.05) is 0 Å². The van der Waals surface area contributed by atoms with Crippen LogP contribution in [-0.4, -0.2) is 43.7 Å². The van der Waals surface area contributed by atoms with Crippen LogP contribution < -0.4 is 0 Å². The molecule has 0 saturated carbocycles. The third kappa shape index (κ3) is 3.29. The number of aliphatic hydroxyl groups excluding tert-OH is 1. The predicted molar refractivity (Wildman–Crippen MR) is 112 cm³/mol. The van der Waals surface area contributed by atoms with Gasteiger partial charge in [-0.2, -0.15) is 22.7 Å². The smallest absolute Gasteiger partial charge is 0.283 e. The number of amides is 1. The largest absolute Gasteiger partial charge is 0.378 e. The molecule has 31 heavy (non-hydrogen) atoms. The summed E-state index contributed by atoms with van der Waals surface area (Å²) in [6.45, 7) is 0.239. The number of nitrogens with zero attached hydrogens (tertiary/aromatic N) is 4.